The van der Waals surface area contributed by atoms with E-state index in [2.05, 4.69) is 9.97 Å². The lowest BCUT2D eigenvalue weighted by molar-refractivity contribution is 0.0527. The molecule has 1 heterocycles. The van der Waals surface area contributed by atoms with Gasteiger partial charge in [-0.25, -0.2) is 14.8 Å². The first-order chi connectivity index (χ1) is 10.6. The molecule has 0 amide bonds. The van der Waals surface area contributed by atoms with Crippen LogP contribution in [0.2, 0.25) is 0 Å². The largest absolute Gasteiger partial charge is 0.497 e. The van der Waals surface area contributed by atoms with Crippen molar-refractivity contribution in [2.24, 2.45) is 0 Å². The van der Waals surface area contributed by atoms with Crippen LogP contribution in [0.15, 0.2) is 24.4 Å². The molecule has 0 atom stereocenters. The Bertz CT molecular complexity index is 688. The number of benzene rings is 1. The fourth-order valence-electron chi connectivity index (χ4n) is 1.87. The van der Waals surface area contributed by atoms with Crippen LogP contribution in [-0.2, 0) is 4.74 Å². The lowest BCUT2D eigenvalue weighted by atomic mass is 10.1. The van der Waals surface area contributed by atoms with Crippen LogP contribution < -0.4 is 15.2 Å². The summed E-state index contributed by atoms with van der Waals surface area (Å²) >= 11 is 0. The third-order valence-electron chi connectivity index (χ3n) is 2.96. The maximum Gasteiger partial charge on any atom is 0.343 e. The summed E-state index contributed by atoms with van der Waals surface area (Å²) in [7, 11) is 3.10. The minimum absolute atomic E-state index is 0.0568. The van der Waals surface area contributed by atoms with Crippen molar-refractivity contribution in [3.05, 3.63) is 30.0 Å². The first kappa shape index (κ1) is 15.6. The summed E-state index contributed by atoms with van der Waals surface area (Å²) in [6.45, 7) is 1.97. The Kier molecular flexibility index (Phi) is 4.77. The summed E-state index contributed by atoms with van der Waals surface area (Å²) < 4.78 is 15.3. The lowest BCUT2D eigenvalue weighted by Gasteiger charge is -2.10. The van der Waals surface area contributed by atoms with E-state index in [1.54, 1.807) is 32.2 Å². The molecule has 0 saturated carbocycles. The molecule has 0 unspecified atom stereocenters. The number of esters is 1. The Hall–Kier alpha value is -2.83. The van der Waals surface area contributed by atoms with Crippen LogP contribution in [0.1, 0.15) is 17.3 Å². The number of ether oxygens (including phenoxy) is 3. The minimum Gasteiger partial charge on any atom is -0.497 e. The first-order valence-electron chi connectivity index (χ1n) is 6.62. The van der Waals surface area contributed by atoms with E-state index in [1.807, 2.05) is 0 Å². The molecular weight excluding hydrogens is 286 g/mol. The molecule has 2 rings (SSSR count). The molecule has 0 aliphatic carbocycles. The molecule has 116 valence electrons. The number of aromatic nitrogens is 2. The molecule has 0 aliphatic rings. The molecule has 1 aromatic carbocycles. The molecule has 2 aromatic rings. The Morgan fingerprint density at radius 3 is 2.64 bits per heavy atom. The Morgan fingerprint density at radius 2 is 2.05 bits per heavy atom. The van der Waals surface area contributed by atoms with Gasteiger partial charge in [0.05, 0.1) is 26.4 Å². The van der Waals surface area contributed by atoms with Crippen LogP contribution in [-0.4, -0.2) is 36.8 Å². The highest BCUT2D eigenvalue weighted by atomic mass is 16.5. The molecule has 7 nitrogen and oxygen atoms in total. The van der Waals surface area contributed by atoms with Crippen LogP contribution in [0.5, 0.6) is 11.5 Å². The second-order valence-corrected chi connectivity index (χ2v) is 4.28. The number of anilines is 1. The van der Waals surface area contributed by atoms with Crippen molar-refractivity contribution in [3.63, 3.8) is 0 Å². The van der Waals surface area contributed by atoms with Gasteiger partial charge in [-0.1, -0.05) is 0 Å². The molecule has 22 heavy (non-hydrogen) atoms. The van der Waals surface area contributed by atoms with E-state index >= 15 is 0 Å². The standard InChI is InChI=1S/C15H17N3O4/c1-4-22-15(19)11-8-17-14(18-13(11)16)10-6-5-9(20-2)7-12(10)21-3/h5-8H,4H2,1-3H3,(H2,16,17,18). The highest BCUT2D eigenvalue weighted by Crippen LogP contribution is 2.31. The molecule has 0 radical (unpaired) electrons. The van der Waals surface area contributed by atoms with E-state index in [0.717, 1.165) is 0 Å². The minimum atomic E-state index is -0.548. The van der Waals surface area contributed by atoms with Gasteiger partial charge in [-0.15, -0.1) is 0 Å². The van der Waals surface area contributed by atoms with Crippen molar-refractivity contribution >= 4 is 11.8 Å². The monoisotopic (exact) mass is 303 g/mol. The summed E-state index contributed by atoms with van der Waals surface area (Å²) in [5.74, 6) is 1.05. The maximum absolute atomic E-state index is 11.7. The number of nitrogens with two attached hydrogens (primary N) is 1. The predicted octanol–water partition coefficient (Wildman–Crippen LogP) is 1.92. The van der Waals surface area contributed by atoms with Crippen molar-refractivity contribution in [1.82, 2.24) is 9.97 Å². The van der Waals surface area contributed by atoms with Gasteiger partial charge in [0.25, 0.3) is 0 Å². The van der Waals surface area contributed by atoms with Gasteiger partial charge in [-0.2, -0.15) is 0 Å². The molecule has 0 aliphatic heterocycles. The summed E-state index contributed by atoms with van der Waals surface area (Å²) in [5, 5.41) is 0. The van der Waals surface area contributed by atoms with Gasteiger partial charge in [0.15, 0.2) is 5.82 Å². The van der Waals surface area contributed by atoms with E-state index in [-0.39, 0.29) is 18.0 Å². The molecule has 0 bridgehead atoms. The Labute approximate surface area is 128 Å². The van der Waals surface area contributed by atoms with E-state index in [9.17, 15) is 4.79 Å². The van der Waals surface area contributed by atoms with Crippen molar-refractivity contribution in [3.8, 4) is 22.9 Å². The van der Waals surface area contributed by atoms with Gasteiger partial charge in [0.1, 0.15) is 22.9 Å². The second kappa shape index (κ2) is 6.75. The van der Waals surface area contributed by atoms with Gasteiger partial charge in [0, 0.05) is 12.3 Å². The molecule has 0 spiro atoms. The zero-order valence-electron chi connectivity index (χ0n) is 12.6. The maximum atomic E-state index is 11.7. The molecular formula is C15H17N3O4. The van der Waals surface area contributed by atoms with Crippen LogP contribution in [0.3, 0.4) is 0 Å². The Balaban J connectivity index is 2.42. The first-order valence-corrected chi connectivity index (χ1v) is 6.62. The van der Waals surface area contributed by atoms with Crippen molar-refractivity contribution in [1.29, 1.82) is 0 Å². The number of carbonyl (C=O) groups is 1. The number of hydrogen-bond donors (Lipinski definition) is 1. The van der Waals surface area contributed by atoms with E-state index < -0.39 is 5.97 Å². The van der Waals surface area contributed by atoms with Gasteiger partial charge in [-0.05, 0) is 19.1 Å². The predicted molar refractivity (Wildman–Crippen MR) is 80.9 cm³/mol. The molecule has 2 N–H and O–H groups in total. The van der Waals surface area contributed by atoms with E-state index in [4.69, 9.17) is 19.9 Å². The number of rotatable bonds is 5. The van der Waals surface area contributed by atoms with E-state index in [1.165, 1.54) is 13.3 Å². The summed E-state index contributed by atoms with van der Waals surface area (Å²) in [6.07, 6.45) is 1.35. The van der Waals surface area contributed by atoms with Gasteiger partial charge in [-0.3, -0.25) is 0 Å². The topological polar surface area (TPSA) is 96.6 Å². The second-order valence-electron chi connectivity index (χ2n) is 4.28. The molecule has 1 aromatic heterocycles. The highest BCUT2D eigenvalue weighted by Gasteiger charge is 2.16. The van der Waals surface area contributed by atoms with E-state index in [0.29, 0.717) is 22.9 Å². The normalized spacial score (nSPS) is 10.1. The third-order valence-corrected chi connectivity index (χ3v) is 2.96. The van der Waals surface area contributed by atoms with Crippen LogP contribution in [0.25, 0.3) is 11.4 Å². The summed E-state index contributed by atoms with van der Waals surface area (Å²) in [4.78, 5) is 20.0. The van der Waals surface area contributed by atoms with Crippen LogP contribution >= 0.6 is 0 Å². The van der Waals surface area contributed by atoms with Crippen molar-refractivity contribution in [2.75, 3.05) is 26.6 Å². The molecule has 7 heteroatoms. The van der Waals surface area contributed by atoms with Gasteiger partial charge < -0.3 is 19.9 Å². The number of nitrogen functional groups attached to an aromatic ring is 1. The van der Waals surface area contributed by atoms with Crippen molar-refractivity contribution < 1.29 is 19.0 Å². The van der Waals surface area contributed by atoms with Crippen LogP contribution in [0.4, 0.5) is 5.82 Å². The lowest BCUT2D eigenvalue weighted by Crippen LogP contribution is -2.11. The van der Waals surface area contributed by atoms with Gasteiger partial charge in [0.2, 0.25) is 0 Å². The summed E-state index contributed by atoms with van der Waals surface area (Å²) in [6, 6.07) is 5.24. The zero-order chi connectivity index (χ0) is 16.1. The van der Waals surface area contributed by atoms with Crippen LogP contribution in [0, 0.1) is 0 Å². The molecule has 0 saturated heterocycles. The number of hydrogen-bond acceptors (Lipinski definition) is 7. The SMILES string of the molecule is CCOC(=O)c1cnc(-c2ccc(OC)cc2OC)nc1N. The summed E-state index contributed by atoms with van der Waals surface area (Å²) in [5.41, 5.74) is 6.60. The fourth-order valence-corrected chi connectivity index (χ4v) is 1.87. The zero-order valence-corrected chi connectivity index (χ0v) is 12.6. The highest BCUT2D eigenvalue weighted by molar-refractivity contribution is 5.94. The average Bonchev–Trinajstić information content (AvgIpc) is 2.54. The number of methoxy groups -OCH3 is 2. The number of carbonyl (C=O) groups excluding carboxylic acids is 1. The quantitative estimate of drug-likeness (QED) is 0.843. The van der Waals surface area contributed by atoms with Gasteiger partial charge >= 0.3 is 5.97 Å². The average molecular weight is 303 g/mol. The fraction of sp³-hybridized carbons (Fsp3) is 0.267. The smallest absolute Gasteiger partial charge is 0.343 e. The molecule has 0 fully saturated rings. The third kappa shape index (κ3) is 3.08. The number of nitrogens with zero attached hydrogens (tertiary/aromatic N) is 2. The van der Waals surface area contributed by atoms with Crippen molar-refractivity contribution in [2.45, 2.75) is 6.92 Å². The Morgan fingerprint density at radius 1 is 1.27 bits per heavy atom.